The topological polar surface area (TPSA) is 105 Å². The van der Waals surface area contributed by atoms with E-state index >= 15 is 0 Å². The summed E-state index contributed by atoms with van der Waals surface area (Å²) in [7, 11) is 0. The van der Waals surface area contributed by atoms with E-state index in [4.69, 9.17) is 10.7 Å². The second-order valence-electron chi connectivity index (χ2n) is 6.96. The number of nitrogen functional groups attached to an aromatic ring is 1. The third-order valence-corrected chi connectivity index (χ3v) is 6.71. The van der Waals surface area contributed by atoms with Crippen LogP contribution in [0, 0.1) is 17.5 Å². The molecule has 0 fully saturated rings. The van der Waals surface area contributed by atoms with E-state index in [-0.39, 0.29) is 12.1 Å². The zero-order valence-corrected chi connectivity index (χ0v) is 19.1. The standard InChI is InChI=1S/C20H16IN7OS/c1-10-4-3-6-23-17(10)28-13(25-19-14(20(28)29)11(2)9-30-19)8-27-18-15(16(21)26-27)12(22)5-7-24-18/h3-7,9H,8H2,1-2H3,(H2,22,24). The Morgan fingerprint density at radius 2 is 1.97 bits per heavy atom. The van der Waals surface area contributed by atoms with Gasteiger partial charge in [-0.25, -0.2) is 24.2 Å². The number of hydrogen-bond acceptors (Lipinski definition) is 7. The first-order valence-corrected chi connectivity index (χ1v) is 11.1. The van der Waals surface area contributed by atoms with Gasteiger partial charge in [0.2, 0.25) is 0 Å². The van der Waals surface area contributed by atoms with Crippen molar-refractivity contribution in [1.82, 2.24) is 29.3 Å². The molecule has 5 aromatic heterocycles. The first-order valence-electron chi connectivity index (χ1n) is 9.14. The summed E-state index contributed by atoms with van der Waals surface area (Å²) in [5.74, 6) is 1.11. The van der Waals surface area contributed by atoms with Crippen LogP contribution >= 0.6 is 33.9 Å². The molecule has 0 saturated heterocycles. The van der Waals surface area contributed by atoms with Gasteiger partial charge in [-0.15, -0.1) is 11.3 Å². The molecular formula is C20H16IN7OS. The second-order valence-corrected chi connectivity index (χ2v) is 8.84. The van der Waals surface area contributed by atoms with E-state index in [1.807, 2.05) is 31.4 Å². The molecule has 5 aromatic rings. The Bertz CT molecular complexity index is 1500. The average molecular weight is 529 g/mol. The lowest BCUT2D eigenvalue weighted by atomic mass is 10.2. The first-order chi connectivity index (χ1) is 14.5. The minimum absolute atomic E-state index is 0.130. The Morgan fingerprint density at radius 3 is 2.77 bits per heavy atom. The average Bonchev–Trinajstić information content (AvgIpc) is 3.24. The molecule has 0 amide bonds. The van der Waals surface area contributed by atoms with Crippen LogP contribution in [0.25, 0.3) is 27.1 Å². The molecule has 0 saturated carbocycles. The van der Waals surface area contributed by atoms with E-state index in [2.05, 4.69) is 37.7 Å². The number of hydrogen-bond donors (Lipinski definition) is 1. The number of halogens is 1. The first kappa shape index (κ1) is 19.1. The molecule has 10 heteroatoms. The van der Waals surface area contributed by atoms with Crippen LogP contribution in [0.2, 0.25) is 0 Å². The van der Waals surface area contributed by atoms with Gasteiger partial charge in [0, 0.05) is 18.1 Å². The Hall–Kier alpha value is -2.86. The second kappa shape index (κ2) is 7.13. The van der Waals surface area contributed by atoms with Crippen LogP contribution < -0.4 is 11.3 Å². The van der Waals surface area contributed by atoms with E-state index < -0.39 is 0 Å². The van der Waals surface area contributed by atoms with Crippen molar-refractivity contribution in [1.29, 1.82) is 0 Å². The molecule has 0 aliphatic carbocycles. The third-order valence-electron chi connectivity index (χ3n) is 4.97. The van der Waals surface area contributed by atoms with E-state index in [1.54, 1.807) is 27.7 Å². The van der Waals surface area contributed by atoms with Crippen molar-refractivity contribution in [2.24, 2.45) is 0 Å². The highest BCUT2D eigenvalue weighted by Crippen LogP contribution is 2.26. The quantitative estimate of drug-likeness (QED) is 0.359. The Labute approximate surface area is 188 Å². The number of pyridine rings is 2. The molecule has 2 N–H and O–H groups in total. The lowest BCUT2D eigenvalue weighted by molar-refractivity contribution is 0.642. The molecule has 0 unspecified atom stereocenters. The van der Waals surface area contributed by atoms with Crippen molar-refractivity contribution in [3.8, 4) is 5.82 Å². The van der Waals surface area contributed by atoms with Gasteiger partial charge in [0.1, 0.15) is 26.7 Å². The van der Waals surface area contributed by atoms with E-state index in [9.17, 15) is 4.79 Å². The zero-order chi connectivity index (χ0) is 21.0. The summed E-state index contributed by atoms with van der Waals surface area (Å²) in [4.78, 5) is 28.0. The summed E-state index contributed by atoms with van der Waals surface area (Å²) in [5, 5.41) is 7.98. The van der Waals surface area contributed by atoms with Crippen molar-refractivity contribution in [2.45, 2.75) is 20.4 Å². The van der Waals surface area contributed by atoms with Crippen molar-refractivity contribution in [3.63, 3.8) is 0 Å². The van der Waals surface area contributed by atoms with Gasteiger partial charge in [0.05, 0.1) is 10.8 Å². The predicted molar refractivity (Wildman–Crippen MR) is 126 cm³/mol. The third kappa shape index (κ3) is 2.89. The van der Waals surface area contributed by atoms with Crippen LogP contribution in [0.3, 0.4) is 0 Å². The smallest absolute Gasteiger partial charge is 0.268 e. The highest BCUT2D eigenvalue weighted by atomic mass is 127. The highest BCUT2D eigenvalue weighted by Gasteiger charge is 2.20. The van der Waals surface area contributed by atoms with Gasteiger partial charge < -0.3 is 5.73 Å². The predicted octanol–water partition coefficient (Wildman–Crippen LogP) is 3.44. The number of nitrogens with zero attached hydrogens (tertiary/aromatic N) is 6. The summed E-state index contributed by atoms with van der Waals surface area (Å²) in [6, 6.07) is 5.53. The molecule has 8 nitrogen and oxygen atoms in total. The number of aromatic nitrogens is 6. The van der Waals surface area contributed by atoms with E-state index in [0.717, 1.165) is 20.2 Å². The molecule has 0 aliphatic rings. The van der Waals surface area contributed by atoms with Gasteiger partial charge in [0.15, 0.2) is 5.65 Å². The molecule has 0 aromatic carbocycles. The molecule has 0 radical (unpaired) electrons. The minimum Gasteiger partial charge on any atom is -0.398 e. The van der Waals surface area contributed by atoms with Crippen LogP contribution in [0.4, 0.5) is 5.69 Å². The van der Waals surface area contributed by atoms with Crippen molar-refractivity contribution in [2.75, 3.05) is 5.73 Å². The number of rotatable bonds is 3. The van der Waals surface area contributed by atoms with Crippen molar-refractivity contribution < 1.29 is 0 Å². The Morgan fingerprint density at radius 1 is 1.13 bits per heavy atom. The molecule has 5 rings (SSSR count). The van der Waals surface area contributed by atoms with Crippen LogP contribution in [-0.4, -0.2) is 29.3 Å². The lowest BCUT2D eigenvalue weighted by Crippen LogP contribution is -2.26. The zero-order valence-electron chi connectivity index (χ0n) is 16.1. The minimum atomic E-state index is -0.130. The summed E-state index contributed by atoms with van der Waals surface area (Å²) in [5.41, 5.74) is 9.07. The number of aryl methyl sites for hydroxylation is 2. The number of thiophene rings is 1. The Balaban J connectivity index is 1.80. The highest BCUT2D eigenvalue weighted by molar-refractivity contribution is 14.1. The summed E-state index contributed by atoms with van der Waals surface area (Å²) in [6.07, 6.45) is 3.33. The largest absolute Gasteiger partial charge is 0.398 e. The summed E-state index contributed by atoms with van der Waals surface area (Å²) in [6.45, 7) is 4.11. The van der Waals surface area contributed by atoms with Crippen LogP contribution in [0.5, 0.6) is 0 Å². The maximum Gasteiger partial charge on any atom is 0.268 e. The summed E-state index contributed by atoms with van der Waals surface area (Å²) >= 11 is 3.61. The monoisotopic (exact) mass is 529 g/mol. The van der Waals surface area contributed by atoms with Crippen LogP contribution in [-0.2, 0) is 6.54 Å². The van der Waals surface area contributed by atoms with Crippen molar-refractivity contribution >= 4 is 60.9 Å². The van der Waals surface area contributed by atoms with E-state index in [0.29, 0.717) is 33.2 Å². The van der Waals surface area contributed by atoms with Gasteiger partial charge in [-0.05, 0) is 65.1 Å². The molecule has 0 bridgehead atoms. The molecule has 0 spiro atoms. The Kier molecular flexibility index (Phi) is 4.54. The lowest BCUT2D eigenvalue weighted by Gasteiger charge is -2.14. The maximum atomic E-state index is 13.5. The molecule has 0 aliphatic heterocycles. The SMILES string of the molecule is Cc1cccnc1-n1c(Cn2nc(I)c3c(N)ccnc32)nc2scc(C)c2c1=O. The van der Waals surface area contributed by atoms with Gasteiger partial charge in [-0.3, -0.25) is 4.79 Å². The van der Waals surface area contributed by atoms with E-state index in [1.165, 1.54) is 11.3 Å². The van der Waals surface area contributed by atoms with Crippen LogP contribution in [0.1, 0.15) is 17.0 Å². The van der Waals surface area contributed by atoms with Crippen LogP contribution in [0.15, 0.2) is 40.8 Å². The number of nitrogens with two attached hydrogens (primary N) is 1. The normalized spacial score (nSPS) is 11.6. The summed E-state index contributed by atoms with van der Waals surface area (Å²) < 4.78 is 4.07. The van der Waals surface area contributed by atoms with Gasteiger partial charge in [-0.2, -0.15) is 5.10 Å². The van der Waals surface area contributed by atoms with Gasteiger partial charge in [-0.1, -0.05) is 6.07 Å². The molecule has 30 heavy (non-hydrogen) atoms. The maximum absolute atomic E-state index is 13.5. The fourth-order valence-corrected chi connectivity index (χ4v) is 5.27. The fraction of sp³-hybridized carbons (Fsp3) is 0.150. The fourth-order valence-electron chi connectivity index (χ4n) is 3.53. The van der Waals surface area contributed by atoms with Crippen molar-refractivity contribution in [3.05, 3.63) is 67.0 Å². The molecule has 5 heterocycles. The van der Waals surface area contributed by atoms with Gasteiger partial charge >= 0.3 is 0 Å². The number of anilines is 1. The molecule has 0 atom stereocenters. The van der Waals surface area contributed by atoms with Gasteiger partial charge in [0.25, 0.3) is 5.56 Å². The number of fused-ring (bicyclic) bond motifs is 2. The molecule has 150 valence electrons. The molecular weight excluding hydrogens is 513 g/mol.